The minimum atomic E-state index is -1.21. The van der Waals surface area contributed by atoms with E-state index in [1.54, 1.807) is 65.8 Å². The highest BCUT2D eigenvalue weighted by Crippen LogP contribution is 2.20. The molecule has 0 saturated heterocycles. The van der Waals surface area contributed by atoms with E-state index < -0.39 is 47.5 Å². The van der Waals surface area contributed by atoms with Crippen LogP contribution in [0.4, 0.5) is 14.4 Å². The van der Waals surface area contributed by atoms with Gasteiger partial charge >= 0.3 is 24.2 Å². The van der Waals surface area contributed by atoms with E-state index in [1.165, 1.54) is 0 Å². The number of esters is 1. The van der Waals surface area contributed by atoms with Crippen LogP contribution in [0, 0.1) is 0 Å². The summed E-state index contributed by atoms with van der Waals surface area (Å²) in [4.78, 5) is 57.3. The summed E-state index contributed by atoms with van der Waals surface area (Å²) >= 11 is 0. The van der Waals surface area contributed by atoms with Crippen LogP contribution in [0.25, 0.3) is 0 Å². The quantitative estimate of drug-likeness (QED) is 0.323. The maximum absolute atomic E-state index is 13.4. The molecule has 0 spiro atoms. The zero-order valence-electron chi connectivity index (χ0n) is 25.4. The Hall–Kier alpha value is -4.61. The molecule has 0 radical (unpaired) electrons. The Morgan fingerprint density at radius 1 is 0.814 bits per heavy atom. The molecule has 0 unspecified atom stereocenters. The topological polar surface area (TPSA) is 145 Å². The number of aliphatic imine (C=N–C) groups is 1. The monoisotopic (exact) mass is 596 g/mol. The van der Waals surface area contributed by atoms with Gasteiger partial charge in [0.15, 0.2) is 0 Å². The fraction of sp³-hybridized carbons (Fsp3) is 0.452. The first-order valence-corrected chi connectivity index (χ1v) is 13.9. The molecule has 0 fully saturated rings. The highest BCUT2D eigenvalue weighted by molar-refractivity contribution is 6.02. The van der Waals surface area contributed by atoms with Gasteiger partial charge in [-0.3, -0.25) is 10.3 Å². The summed E-state index contributed by atoms with van der Waals surface area (Å²) in [5.41, 5.74) is -0.139. The molecular formula is C31H40N4O8. The smallest absolute Gasteiger partial charge is 0.417 e. The summed E-state index contributed by atoms with van der Waals surface area (Å²) in [6.45, 7) is 10.1. The van der Waals surface area contributed by atoms with Crippen LogP contribution in [0.2, 0.25) is 0 Å². The molecular weight excluding hydrogens is 556 g/mol. The van der Waals surface area contributed by atoms with Crippen molar-refractivity contribution in [2.24, 2.45) is 4.99 Å². The summed E-state index contributed by atoms with van der Waals surface area (Å²) in [5.74, 6) is -0.832. The molecule has 12 nitrogen and oxygen atoms in total. The first-order valence-electron chi connectivity index (χ1n) is 13.9. The summed E-state index contributed by atoms with van der Waals surface area (Å²) < 4.78 is 21.7. The predicted octanol–water partition coefficient (Wildman–Crippen LogP) is 4.91. The number of rotatable bonds is 8. The summed E-state index contributed by atoms with van der Waals surface area (Å²) in [7, 11) is 0. The fourth-order valence-corrected chi connectivity index (χ4v) is 3.99. The number of nitrogens with one attached hydrogen (secondary N) is 2. The second kappa shape index (κ2) is 14.5. The highest BCUT2D eigenvalue weighted by atomic mass is 16.6. The average molecular weight is 597 g/mol. The zero-order chi connectivity index (χ0) is 31.6. The van der Waals surface area contributed by atoms with Gasteiger partial charge in [0.05, 0.1) is 12.6 Å². The number of benzene rings is 2. The van der Waals surface area contributed by atoms with Gasteiger partial charge in [0.1, 0.15) is 30.5 Å². The molecule has 2 aromatic rings. The molecule has 43 heavy (non-hydrogen) atoms. The Morgan fingerprint density at radius 2 is 1.35 bits per heavy atom. The molecule has 1 aliphatic heterocycles. The van der Waals surface area contributed by atoms with Crippen LogP contribution in [0.3, 0.4) is 0 Å². The summed E-state index contributed by atoms with van der Waals surface area (Å²) in [6, 6.07) is 16.2. The molecule has 0 bridgehead atoms. The van der Waals surface area contributed by atoms with Crippen LogP contribution >= 0.6 is 0 Å². The van der Waals surface area contributed by atoms with Crippen molar-refractivity contribution in [1.29, 1.82) is 0 Å². The number of hydrogen-bond donors (Lipinski definition) is 2. The molecule has 2 N–H and O–H groups in total. The molecule has 1 heterocycles. The van der Waals surface area contributed by atoms with Gasteiger partial charge in [-0.1, -0.05) is 60.7 Å². The number of carbonyl (C=O) groups is 4. The number of hydrogen-bond acceptors (Lipinski definition) is 9. The molecule has 2 aromatic carbocycles. The lowest BCUT2D eigenvalue weighted by molar-refractivity contribution is -0.158. The Morgan fingerprint density at radius 3 is 1.88 bits per heavy atom. The maximum Gasteiger partial charge on any atom is 0.417 e. The predicted molar refractivity (Wildman–Crippen MR) is 158 cm³/mol. The molecule has 12 heteroatoms. The third-order valence-corrected chi connectivity index (χ3v) is 5.76. The van der Waals surface area contributed by atoms with E-state index in [4.69, 9.17) is 18.9 Å². The van der Waals surface area contributed by atoms with E-state index >= 15 is 0 Å². The van der Waals surface area contributed by atoms with Gasteiger partial charge in [0.2, 0.25) is 5.96 Å². The van der Waals surface area contributed by atoms with Crippen LogP contribution < -0.4 is 10.6 Å². The van der Waals surface area contributed by atoms with E-state index in [-0.39, 0.29) is 32.1 Å². The summed E-state index contributed by atoms with van der Waals surface area (Å²) in [6.07, 6.45) is -2.58. The molecule has 1 aliphatic rings. The first-order chi connectivity index (χ1) is 20.2. The van der Waals surface area contributed by atoms with Crippen LogP contribution in [0.15, 0.2) is 65.7 Å². The highest BCUT2D eigenvalue weighted by Gasteiger charge is 2.40. The van der Waals surface area contributed by atoms with Crippen LogP contribution in [0.5, 0.6) is 0 Å². The number of carbonyl (C=O) groups excluding carboxylic acids is 4. The van der Waals surface area contributed by atoms with E-state index in [2.05, 4.69) is 15.6 Å². The number of amides is 3. The van der Waals surface area contributed by atoms with Crippen LogP contribution in [-0.2, 0) is 37.0 Å². The average Bonchev–Trinajstić information content (AvgIpc) is 3.31. The standard InChI is InChI=1S/C31H40N4O8/c1-30(2,3)42-25(36)24(33-28(38)43-31(4,5)6)17-23-18-32-26(34-27(37)40-19-21-13-9-7-10-14-21)35(23)29(39)41-20-22-15-11-8-12-16-22/h7-16,23-24H,17-20H2,1-6H3,(H,33,38)(H,32,34,37)/t23-,24-/m0/s1. The van der Waals surface area contributed by atoms with Gasteiger partial charge in [-0.15, -0.1) is 0 Å². The number of nitrogens with zero attached hydrogens (tertiary/aromatic N) is 2. The van der Waals surface area contributed by atoms with Gasteiger partial charge < -0.3 is 24.3 Å². The Bertz CT molecular complexity index is 1290. The van der Waals surface area contributed by atoms with Crippen molar-refractivity contribution in [2.75, 3.05) is 6.54 Å². The molecule has 232 valence electrons. The maximum atomic E-state index is 13.4. The van der Waals surface area contributed by atoms with Gasteiger partial charge in [0, 0.05) is 6.42 Å². The lowest BCUT2D eigenvalue weighted by Crippen LogP contribution is -2.53. The van der Waals surface area contributed by atoms with Crippen molar-refractivity contribution >= 4 is 30.2 Å². The lowest BCUT2D eigenvalue weighted by Gasteiger charge is -2.30. The third kappa shape index (κ3) is 11.3. The first kappa shape index (κ1) is 32.9. The summed E-state index contributed by atoms with van der Waals surface area (Å²) in [5, 5.41) is 5.06. The molecule has 3 amide bonds. The number of guanidine groups is 1. The van der Waals surface area contributed by atoms with Gasteiger partial charge in [-0.25, -0.2) is 24.1 Å². The fourth-order valence-electron chi connectivity index (χ4n) is 3.99. The van der Waals surface area contributed by atoms with Crippen LogP contribution in [0.1, 0.15) is 59.1 Å². The number of ether oxygens (including phenoxy) is 4. The normalized spacial score (nSPS) is 15.5. The largest absolute Gasteiger partial charge is 0.458 e. The van der Waals surface area contributed by atoms with Gasteiger partial charge in [-0.05, 0) is 52.7 Å². The minimum absolute atomic E-state index is 0.00234. The van der Waals surface area contributed by atoms with Gasteiger partial charge in [-0.2, -0.15) is 0 Å². The zero-order valence-corrected chi connectivity index (χ0v) is 25.4. The van der Waals surface area contributed by atoms with E-state index in [0.717, 1.165) is 16.0 Å². The van der Waals surface area contributed by atoms with E-state index in [9.17, 15) is 19.2 Å². The van der Waals surface area contributed by atoms with Crippen molar-refractivity contribution in [2.45, 2.75) is 84.5 Å². The van der Waals surface area contributed by atoms with Crippen molar-refractivity contribution in [3.05, 3.63) is 71.8 Å². The lowest BCUT2D eigenvalue weighted by atomic mass is 10.1. The second-order valence-corrected chi connectivity index (χ2v) is 11.9. The molecule has 2 atom stereocenters. The second-order valence-electron chi connectivity index (χ2n) is 11.9. The van der Waals surface area contributed by atoms with Gasteiger partial charge in [0.25, 0.3) is 0 Å². The Labute approximate surface area is 251 Å². The van der Waals surface area contributed by atoms with Crippen molar-refractivity contribution < 1.29 is 38.1 Å². The molecule has 0 aliphatic carbocycles. The molecule has 0 aromatic heterocycles. The third-order valence-electron chi connectivity index (χ3n) is 5.76. The Kier molecular flexibility index (Phi) is 11.1. The SMILES string of the molecule is CC(C)(C)OC(=O)N[C@@H](C[C@H]1CN=C(NC(=O)OCc2ccccc2)N1C(=O)OCc1ccccc1)C(=O)OC(C)(C)C. The minimum Gasteiger partial charge on any atom is -0.458 e. The van der Waals surface area contributed by atoms with E-state index in [1.807, 2.05) is 36.4 Å². The molecule has 0 saturated carbocycles. The van der Waals surface area contributed by atoms with Crippen molar-refractivity contribution in [1.82, 2.24) is 15.5 Å². The van der Waals surface area contributed by atoms with Crippen LogP contribution in [-0.4, -0.2) is 64.9 Å². The van der Waals surface area contributed by atoms with Crippen molar-refractivity contribution in [3.8, 4) is 0 Å². The van der Waals surface area contributed by atoms with E-state index in [0.29, 0.717) is 0 Å². The van der Waals surface area contributed by atoms with Crippen molar-refractivity contribution in [3.63, 3.8) is 0 Å². The Balaban J connectivity index is 1.78. The number of alkyl carbamates (subject to hydrolysis) is 2. The molecule has 3 rings (SSSR count).